The van der Waals surface area contributed by atoms with Gasteiger partial charge in [0, 0.05) is 24.1 Å². The number of carboxylic acid groups (broad SMARTS) is 1. The number of hydrogen-bond acceptors (Lipinski definition) is 7. The highest BCUT2D eigenvalue weighted by atomic mass is 32.1. The molecule has 1 rings (SSSR count). The van der Waals surface area contributed by atoms with Gasteiger partial charge in [-0.3, -0.25) is 19.2 Å². The van der Waals surface area contributed by atoms with E-state index in [-0.39, 0.29) is 24.5 Å². The van der Waals surface area contributed by atoms with Crippen molar-refractivity contribution in [3.05, 3.63) is 18.2 Å². The van der Waals surface area contributed by atoms with Gasteiger partial charge >= 0.3 is 5.97 Å². The van der Waals surface area contributed by atoms with Gasteiger partial charge in [-0.25, -0.2) is 4.98 Å². The van der Waals surface area contributed by atoms with E-state index in [1.807, 2.05) is 13.8 Å². The molecule has 0 saturated heterocycles. The molecule has 4 unspecified atom stereocenters. The quantitative estimate of drug-likeness (QED) is 0.199. The van der Waals surface area contributed by atoms with Crippen LogP contribution in [-0.4, -0.2) is 68.7 Å². The monoisotopic (exact) mass is 442 g/mol. The summed E-state index contributed by atoms with van der Waals surface area (Å²) in [5.74, 6) is -2.84. The van der Waals surface area contributed by atoms with Gasteiger partial charge < -0.3 is 31.8 Å². The summed E-state index contributed by atoms with van der Waals surface area (Å²) in [6, 6.07) is -4.02. The predicted octanol–water partition coefficient (Wildman–Crippen LogP) is -1.19. The number of thiol groups is 1. The van der Waals surface area contributed by atoms with E-state index in [4.69, 9.17) is 10.8 Å². The minimum absolute atomic E-state index is 0.0411. The van der Waals surface area contributed by atoms with Crippen molar-refractivity contribution in [3.63, 3.8) is 0 Å². The Bertz CT molecular complexity index is 727. The molecule has 168 valence electrons. The van der Waals surface area contributed by atoms with Crippen molar-refractivity contribution >= 4 is 36.3 Å². The maximum absolute atomic E-state index is 12.9. The number of imidazole rings is 1. The molecule has 12 heteroatoms. The molecule has 0 aliphatic heterocycles. The van der Waals surface area contributed by atoms with Crippen LogP contribution in [-0.2, 0) is 25.6 Å². The van der Waals surface area contributed by atoms with Gasteiger partial charge in [0.25, 0.3) is 0 Å². The number of aromatic amines is 1. The molecule has 7 N–H and O–H groups in total. The molecule has 0 radical (unpaired) electrons. The molecule has 1 aromatic heterocycles. The number of nitrogens with one attached hydrogen (secondary N) is 4. The van der Waals surface area contributed by atoms with E-state index >= 15 is 0 Å². The molecule has 3 amide bonds. The molecule has 0 aliphatic rings. The number of rotatable bonds is 12. The molecule has 0 bridgehead atoms. The highest BCUT2D eigenvalue weighted by molar-refractivity contribution is 7.80. The molecule has 0 spiro atoms. The number of nitrogens with zero attached hydrogens (tertiary/aromatic N) is 1. The van der Waals surface area contributed by atoms with Crippen molar-refractivity contribution in [2.45, 2.75) is 57.8 Å². The maximum atomic E-state index is 12.9. The van der Waals surface area contributed by atoms with Crippen molar-refractivity contribution in [1.82, 2.24) is 25.9 Å². The van der Waals surface area contributed by atoms with Crippen LogP contribution in [0.2, 0.25) is 0 Å². The Morgan fingerprint density at radius 1 is 1.10 bits per heavy atom. The summed E-state index contributed by atoms with van der Waals surface area (Å²) in [5.41, 5.74) is 6.27. The first-order valence-corrected chi connectivity index (χ1v) is 10.2. The standard InChI is InChI=1S/C18H30N6O5S/c1-9(2)4-13(16(26)22-10(3)18(28)29)24-17(27)14(5-11-6-20-8-21-11)23-15(25)12(19)7-30/h6,8-10,12-14,30H,4-5,7,19H2,1-3H3,(H,20,21)(H,22,26)(H,23,25)(H,24,27)(H,28,29). The second kappa shape index (κ2) is 12.2. The van der Waals surface area contributed by atoms with Crippen LogP contribution in [0.4, 0.5) is 0 Å². The minimum Gasteiger partial charge on any atom is -0.480 e. The average Bonchev–Trinajstić information content (AvgIpc) is 3.18. The maximum Gasteiger partial charge on any atom is 0.325 e. The summed E-state index contributed by atoms with van der Waals surface area (Å²) in [6.07, 6.45) is 3.33. The fourth-order valence-corrected chi connectivity index (χ4v) is 2.70. The van der Waals surface area contributed by atoms with Gasteiger partial charge in [0.2, 0.25) is 17.7 Å². The number of carbonyl (C=O) groups excluding carboxylic acids is 3. The Morgan fingerprint density at radius 2 is 1.70 bits per heavy atom. The fraction of sp³-hybridized carbons (Fsp3) is 0.611. The Balaban J connectivity index is 2.97. The summed E-state index contributed by atoms with van der Waals surface area (Å²) >= 11 is 3.98. The van der Waals surface area contributed by atoms with Crippen molar-refractivity contribution in [3.8, 4) is 0 Å². The van der Waals surface area contributed by atoms with Crippen molar-refractivity contribution in [2.75, 3.05) is 5.75 Å². The molecule has 0 fully saturated rings. The molecule has 11 nitrogen and oxygen atoms in total. The van der Waals surface area contributed by atoms with Crippen molar-refractivity contribution < 1.29 is 24.3 Å². The number of aliphatic carboxylic acids is 1. The molecule has 0 aromatic carbocycles. The first-order valence-electron chi connectivity index (χ1n) is 9.52. The predicted molar refractivity (Wildman–Crippen MR) is 113 cm³/mol. The van der Waals surface area contributed by atoms with Crippen LogP contribution in [0.1, 0.15) is 32.9 Å². The van der Waals surface area contributed by atoms with Crippen LogP contribution in [0.15, 0.2) is 12.5 Å². The van der Waals surface area contributed by atoms with E-state index in [0.717, 1.165) is 0 Å². The zero-order chi connectivity index (χ0) is 22.8. The van der Waals surface area contributed by atoms with Gasteiger partial charge in [-0.05, 0) is 19.3 Å². The number of hydrogen-bond donors (Lipinski definition) is 7. The second-order valence-corrected chi connectivity index (χ2v) is 7.76. The third-order valence-corrected chi connectivity index (χ3v) is 4.61. The summed E-state index contributed by atoms with van der Waals surface area (Å²) in [5, 5.41) is 16.5. The van der Waals surface area contributed by atoms with Crippen LogP contribution in [0, 0.1) is 5.92 Å². The number of H-pyrrole nitrogens is 1. The Morgan fingerprint density at radius 3 is 2.20 bits per heavy atom. The number of aromatic nitrogens is 2. The van der Waals surface area contributed by atoms with Gasteiger partial charge in [-0.2, -0.15) is 12.6 Å². The minimum atomic E-state index is -1.19. The molecule has 0 aliphatic carbocycles. The summed E-state index contributed by atoms with van der Waals surface area (Å²) in [7, 11) is 0. The lowest BCUT2D eigenvalue weighted by Gasteiger charge is -2.25. The molecule has 0 saturated carbocycles. The molecular weight excluding hydrogens is 412 g/mol. The van der Waals surface area contributed by atoms with Crippen molar-refractivity contribution in [2.24, 2.45) is 11.7 Å². The molecule has 4 atom stereocenters. The van der Waals surface area contributed by atoms with Gasteiger partial charge in [0.15, 0.2) is 0 Å². The van der Waals surface area contributed by atoms with Gasteiger partial charge in [-0.1, -0.05) is 13.8 Å². The molecule has 1 aromatic rings. The number of amides is 3. The van der Waals surface area contributed by atoms with Crippen LogP contribution in [0.3, 0.4) is 0 Å². The van der Waals surface area contributed by atoms with Crippen LogP contribution in [0.5, 0.6) is 0 Å². The highest BCUT2D eigenvalue weighted by Crippen LogP contribution is 2.07. The SMILES string of the molecule is CC(C)CC(NC(=O)C(Cc1cnc[nH]1)NC(=O)C(N)CS)C(=O)NC(C)C(=O)O. The van der Waals surface area contributed by atoms with Crippen molar-refractivity contribution in [1.29, 1.82) is 0 Å². The second-order valence-electron chi connectivity index (χ2n) is 7.39. The van der Waals surface area contributed by atoms with Crippen LogP contribution >= 0.6 is 12.6 Å². The summed E-state index contributed by atoms with van der Waals surface area (Å²) in [4.78, 5) is 55.4. The Hall–Kier alpha value is -2.60. The third-order valence-electron chi connectivity index (χ3n) is 4.21. The first kappa shape index (κ1) is 25.4. The van der Waals surface area contributed by atoms with E-state index in [1.54, 1.807) is 0 Å². The van der Waals surface area contributed by atoms with Gasteiger partial charge in [-0.15, -0.1) is 0 Å². The van der Waals surface area contributed by atoms with E-state index in [9.17, 15) is 19.2 Å². The number of carbonyl (C=O) groups is 4. The fourth-order valence-electron chi connectivity index (χ4n) is 2.54. The zero-order valence-corrected chi connectivity index (χ0v) is 18.1. The molecule has 1 heterocycles. The Labute approximate surface area is 180 Å². The average molecular weight is 443 g/mol. The summed E-state index contributed by atoms with van der Waals surface area (Å²) < 4.78 is 0. The van der Waals surface area contributed by atoms with E-state index in [1.165, 1.54) is 19.4 Å². The third kappa shape index (κ3) is 8.41. The molecule has 30 heavy (non-hydrogen) atoms. The zero-order valence-electron chi connectivity index (χ0n) is 17.2. The first-order chi connectivity index (χ1) is 14.0. The lowest BCUT2D eigenvalue weighted by molar-refractivity contribution is -0.141. The number of nitrogens with two attached hydrogens (primary N) is 1. The smallest absolute Gasteiger partial charge is 0.325 e. The largest absolute Gasteiger partial charge is 0.480 e. The number of carboxylic acids is 1. The van der Waals surface area contributed by atoms with E-state index in [0.29, 0.717) is 5.69 Å². The Kier molecular flexibility index (Phi) is 10.3. The normalized spacial score (nSPS) is 15.0. The topological polar surface area (TPSA) is 179 Å². The van der Waals surface area contributed by atoms with Crippen LogP contribution in [0.25, 0.3) is 0 Å². The van der Waals surface area contributed by atoms with E-state index < -0.39 is 47.9 Å². The summed E-state index contributed by atoms with van der Waals surface area (Å²) in [6.45, 7) is 5.06. The lowest BCUT2D eigenvalue weighted by Crippen LogP contribution is -2.57. The highest BCUT2D eigenvalue weighted by Gasteiger charge is 2.30. The molecular formula is C18H30N6O5S. The van der Waals surface area contributed by atoms with Crippen LogP contribution < -0.4 is 21.7 Å². The van der Waals surface area contributed by atoms with Gasteiger partial charge in [0.1, 0.15) is 18.1 Å². The lowest BCUT2D eigenvalue weighted by atomic mass is 10.0. The van der Waals surface area contributed by atoms with E-state index in [2.05, 4.69) is 38.5 Å². The van der Waals surface area contributed by atoms with Gasteiger partial charge in [0.05, 0.1) is 12.4 Å².